The number of nitro benzene ring substituents is 1. The van der Waals surface area contributed by atoms with Gasteiger partial charge in [0, 0.05) is 17.7 Å². The van der Waals surface area contributed by atoms with Gasteiger partial charge in [-0.1, -0.05) is 29.8 Å². The molecule has 2 aromatic carbocycles. The van der Waals surface area contributed by atoms with Crippen LogP contribution in [0.5, 0.6) is 11.5 Å². The number of rotatable bonds is 4. The maximum absolute atomic E-state index is 10.8. The van der Waals surface area contributed by atoms with Gasteiger partial charge in [0.25, 0.3) is 5.69 Å². The molecule has 104 valence electrons. The second-order valence-electron chi connectivity index (χ2n) is 4.30. The average Bonchev–Trinajstić information content (AvgIpc) is 2.41. The number of non-ortho nitro benzene ring substituents is 1. The van der Waals surface area contributed by atoms with Crippen LogP contribution in [0.2, 0.25) is 5.02 Å². The van der Waals surface area contributed by atoms with Gasteiger partial charge in [-0.15, -0.1) is 0 Å². The Kier molecular flexibility index (Phi) is 4.22. The summed E-state index contributed by atoms with van der Waals surface area (Å²) < 4.78 is 5.68. The van der Waals surface area contributed by atoms with Crippen LogP contribution in [0.3, 0.4) is 0 Å². The van der Waals surface area contributed by atoms with Crippen molar-refractivity contribution in [1.82, 2.24) is 0 Å². The lowest BCUT2D eigenvalue weighted by Gasteiger charge is -2.14. The zero-order chi connectivity index (χ0) is 14.7. The van der Waals surface area contributed by atoms with Crippen LogP contribution in [0.25, 0.3) is 0 Å². The minimum Gasteiger partial charge on any atom is -0.455 e. The Morgan fingerprint density at radius 3 is 2.60 bits per heavy atom. The van der Waals surface area contributed by atoms with E-state index in [0.717, 1.165) is 5.56 Å². The molecule has 0 aliphatic heterocycles. The fraction of sp³-hybridized carbons (Fsp3) is 0.143. The number of para-hydroxylation sites is 1. The topological polar surface area (TPSA) is 78.4 Å². The number of nitro groups is 1. The molecule has 5 nitrogen and oxygen atoms in total. The molecule has 0 unspecified atom stereocenters. The monoisotopic (exact) mass is 292 g/mol. The van der Waals surface area contributed by atoms with Crippen LogP contribution in [-0.2, 0) is 0 Å². The van der Waals surface area contributed by atoms with Gasteiger partial charge in [0.2, 0.25) is 0 Å². The molecule has 0 fully saturated rings. The molecule has 1 atom stereocenters. The van der Waals surface area contributed by atoms with Crippen LogP contribution in [0.4, 0.5) is 5.69 Å². The molecule has 0 aromatic heterocycles. The Morgan fingerprint density at radius 1 is 1.25 bits per heavy atom. The SMILES string of the molecule is C[C@H](N)c1ccccc1Oc1cc([N+](=O)[O-])ccc1Cl. The third-order valence-corrected chi connectivity index (χ3v) is 3.07. The van der Waals surface area contributed by atoms with Crippen LogP contribution < -0.4 is 10.5 Å². The van der Waals surface area contributed by atoms with E-state index in [1.165, 1.54) is 18.2 Å². The van der Waals surface area contributed by atoms with Gasteiger partial charge >= 0.3 is 0 Å². The third kappa shape index (κ3) is 3.07. The standard InChI is InChI=1S/C14H13ClN2O3/c1-9(16)11-4-2-3-5-13(11)20-14-8-10(17(18)19)6-7-12(14)15/h2-9H,16H2,1H3/t9-/m0/s1. The minimum atomic E-state index is -0.499. The van der Waals surface area contributed by atoms with Crippen molar-refractivity contribution in [2.75, 3.05) is 0 Å². The van der Waals surface area contributed by atoms with Crippen molar-refractivity contribution in [3.8, 4) is 11.5 Å². The summed E-state index contributed by atoms with van der Waals surface area (Å²) in [6.45, 7) is 1.83. The number of hydrogen-bond donors (Lipinski definition) is 1. The summed E-state index contributed by atoms with van der Waals surface area (Å²) in [5.41, 5.74) is 6.58. The first-order valence-corrected chi connectivity index (χ1v) is 6.33. The average molecular weight is 293 g/mol. The normalized spacial score (nSPS) is 11.9. The Bertz CT molecular complexity index is 644. The first-order chi connectivity index (χ1) is 9.49. The quantitative estimate of drug-likeness (QED) is 0.681. The van der Waals surface area contributed by atoms with E-state index in [1.54, 1.807) is 12.1 Å². The summed E-state index contributed by atoms with van der Waals surface area (Å²) in [6, 6.07) is 11.1. The largest absolute Gasteiger partial charge is 0.455 e. The summed E-state index contributed by atoms with van der Waals surface area (Å²) in [6.07, 6.45) is 0. The molecule has 2 rings (SSSR count). The van der Waals surface area contributed by atoms with Gasteiger partial charge in [-0.05, 0) is 19.1 Å². The lowest BCUT2D eigenvalue weighted by atomic mass is 10.1. The van der Waals surface area contributed by atoms with Gasteiger partial charge in [0.05, 0.1) is 16.0 Å². The van der Waals surface area contributed by atoms with E-state index in [0.29, 0.717) is 10.8 Å². The first-order valence-electron chi connectivity index (χ1n) is 5.95. The number of nitrogens with two attached hydrogens (primary N) is 1. The molecule has 0 saturated carbocycles. The Labute approximate surface area is 121 Å². The van der Waals surface area contributed by atoms with Gasteiger partial charge in [-0.3, -0.25) is 10.1 Å². The van der Waals surface area contributed by atoms with Crippen LogP contribution in [-0.4, -0.2) is 4.92 Å². The smallest absolute Gasteiger partial charge is 0.273 e. The highest BCUT2D eigenvalue weighted by atomic mass is 35.5. The molecule has 0 radical (unpaired) electrons. The highest BCUT2D eigenvalue weighted by Crippen LogP contribution is 2.35. The van der Waals surface area contributed by atoms with Crippen LogP contribution in [0.1, 0.15) is 18.5 Å². The Hall–Kier alpha value is -2.11. The van der Waals surface area contributed by atoms with Gasteiger partial charge < -0.3 is 10.5 Å². The van der Waals surface area contributed by atoms with E-state index in [-0.39, 0.29) is 17.5 Å². The van der Waals surface area contributed by atoms with E-state index in [2.05, 4.69) is 0 Å². The van der Waals surface area contributed by atoms with Gasteiger partial charge in [0.1, 0.15) is 5.75 Å². The second kappa shape index (κ2) is 5.90. The molecule has 0 amide bonds. The number of ether oxygens (including phenoxy) is 1. The predicted molar refractivity (Wildman–Crippen MR) is 77.2 cm³/mol. The highest BCUT2D eigenvalue weighted by Gasteiger charge is 2.14. The highest BCUT2D eigenvalue weighted by molar-refractivity contribution is 6.32. The number of hydrogen-bond acceptors (Lipinski definition) is 4. The molecule has 0 bridgehead atoms. The van der Waals surface area contributed by atoms with E-state index < -0.39 is 4.92 Å². The number of nitrogens with zero attached hydrogens (tertiary/aromatic N) is 1. The molecular weight excluding hydrogens is 280 g/mol. The molecule has 0 saturated heterocycles. The third-order valence-electron chi connectivity index (χ3n) is 2.76. The van der Waals surface area contributed by atoms with Crippen molar-refractivity contribution >= 4 is 17.3 Å². The Balaban J connectivity index is 2.40. The second-order valence-corrected chi connectivity index (χ2v) is 4.71. The number of benzene rings is 2. The summed E-state index contributed by atoms with van der Waals surface area (Å²) in [7, 11) is 0. The molecule has 2 aromatic rings. The van der Waals surface area contributed by atoms with Crippen LogP contribution >= 0.6 is 11.6 Å². The summed E-state index contributed by atoms with van der Waals surface area (Å²) in [5.74, 6) is 0.763. The van der Waals surface area contributed by atoms with E-state index in [9.17, 15) is 10.1 Å². The van der Waals surface area contributed by atoms with Gasteiger partial charge in [-0.25, -0.2) is 0 Å². The van der Waals surface area contributed by atoms with Gasteiger partial charge in [0.15, 0.2) is 5.75 Å². The van der Waals surface area contributed by atoms with Crippen molar-refractivity contribution in [3.05, 3.63) is 63.2 Å². The van der Waals surface area contributed by atoms with Crippen molar-refractivity contribution in [3.63, 3.8) is 0 Å². The fourth-order valence-corrected chi connectivity index (χ4v) is 1.91. The van der Waals surface area contributed by atoms with E-state index in [4.69, 9.17) is 22.1 Å². The zero-order valence-electron chi connectivity index (χ0n) is 10.7. The number of halogens is 1. The molecule has 20 heavy (non-hydrogen) atoms. The Morgan fingerprint density at radius 2 is 1.95 bits per heavy atom. The van der Waals surface area contributed by atoms with Crippen molar-refractivity contribution in [1.29, 1.82) is 0 Å². The van der Waals surface area contributed by atoms with Crippen molar-refractivity contribution in [2.45, 2.75) is 13.0 Å². The summed E-state index contributed by atoms with van der Waals surface area (Å²) in [4.78, 5) is 10.3. The van der Waals surface area contributed by atoms with Crippen LogP contribution in [0.15, 0.2) is 42.5 Å². The van der Waals surface area contributed by atoms with E-state index >= 15 is 0 Å². The lowest BCUT2D eigenvalue weighted by molar-refractivity contribution is -0.384. The lowest BCUT2D eigenvalue weighted by Crippen LogP contribution is -2.06. The maximum Gasteiger partial charge on any atom is 0.273 e. The molecule has 6 heteroatoms. The summed E-state index contributed by atoms with van der Waals surface area (Å²) >= 11 is 6.00. The molecular formula is C14H13ClN2O3. The summed E-state index contributed by atoms with van der Waals surface area (Å²) in [5, 5.41) is 11.1. The zero-order valence-corrected chi connectivity index (χ0v) is 11.5. The first kappa shape index (κ1) is 14.3. The molecule has 0 heterocycles. The predicted octanol–water partition coefficient (Wildman–Crippen LogP) is 4.06. The van der Waals surface area contributed by atoms with Crippen molar-refractivity contribution < 1.29 is 9.66 Å². The maximum atomic E-state index is 10.8. The van der Waals surface area contributed by atoms with Crippen molar-refractivity contribution in [2.24, 2.45) is 5.73 Å². The fourth-order valence-electron chi connectivity index (χ4n) is 1.75. The molecule has 0 aliphatic carbocycles. The van der Waals surface area contributed by atoms with Crippen LogP contribution in [0, 0.1) is 10.1 Å². The minimum absolute atomic E-state index is 0.0809. The molecule has 2 N–H and O–H groups in total. The van der Waals surface area contributed by atoms with Gasteiger partial charge in [-0.2, -0.15) is 0 Å². The molecule has 0 aliphatic rings. The molecule has 0 spiro atoms. The van der Waals surface area contributed by atoms with E-state index in [1.807, 2.05) is 19.1 Å².